The number of hydrogen-bond donors (Lipinski definition) is 0. The molecule has 1 aliphatic rings. The molecule has 0 unspecified atom stereocenters. The Bertz CT molecular complexity index is 732. The van der Waals surface area contributed by atoms with Crippen LogP contribution in [-0.2, 0) is 13.0 Å². The van der Waals surface area contributed by atoms with E-state index in [2.05, 4.69) is 4.90 Å². The van der Waals surface area contributed by atoms with Crippen LogP contribution in [0.3, 0.4) is 0 Å². The molecule has 2 nitrogen and oxygen atoms in total. The predicted octanol–water partition coefficient (Wildman–Crippen LogP) is 4.04. The summed E-state index contributed by atoms with van der Waals surface area (Å²) in [5.41, 5.74) is 1.90. The van der Waals surface area contributed by atoms with Crippen molar-refractivity contribution in [3.8, 4) is 6.07 Å². The Morgan fingerprint density at radius 2 is 1.96 bits per heavy atom. The fraction of sp³-hybridized carbons (Fsp3) is 0.316. The van der Waals surface area contributed by atoms with Crippen LogP contribution in [0.2, 0.25) is 0 Å². The van der Waals surface area contributed by atoms with Crippen molar-refractivity contribution in [1.82, 2.24) is 4.90 Å². The zero-order valence-electron chi connectivity index (χ0n) is 12.8. The molecule has 0 amide bonds. The van der Waals surface area contributed by atoms with Gasteiger partial charge in [-0.2, -0.15) is 5.26 Å². The maximum absolute atomic E-state index is 14.1. The summed E-state index contributed by atoms with van der Waals surface area (Å²) in [4.78, 5) is 2.25. The van der Waals surface area contributed by atoms with Gasteiger partial charge in [-0.05, 0) is 49.1 Å². The van der Waals surface area contributed by atoms with Crippen LogP contribution >= 0.6 is 0 Å². The zero-order valence-corrected chi connectivity index (χ0v) is 12.8. The van der Waals surface area contributed by atoms with Crippen LogP contribution in [-0.4, -0.2) is 17.5 Å². The molecular weight excluding hydrogens is 294 g/mol. The van der Waals surface area contributed by atoms with E-state index >= 15 is 0 Å². The largest absolute Gasteiger partial charge is 0.296 e. The van der Waals surface area contributed by atoms with Crippen molar-refractivity contribution in [1.29, 1.82) is 5.26 Å². The summed E-state index contributed by atoms with van der Waals surface area (Å²) in [5, 5.41) is 8.81. The molecule has 0 atom stereocenters. The van der Waals surface area contributed by atoms with Gasteiger partial charge in [0.1, 0.15) is 11.6 Å². The Kier molecular flexibility index (Phi) is 4.68. The fourth-order valence-electron chi connectivity index (χ4n) is 2.76. The normalized spacial score (nSPS) is 14.0. The van der Waals surface area contributed by atoms with Crippen LogP contribution < -0.4 is 0 Å². The third-order valence-electron chi connectivity index (χ3n) is 4.20. The first-order valence-electron chi connectivity index (χ1n) is 7.83. The molecule has 1 saturated carbocycles. The standard InChI is InChI=1S/C19H18F2N2/c20-17-3-1-2-14(10-17)8-9-23(18-6-7-18)13-16-5-4-15(12-22)11-19(16)21/h1-5,10-11,18H,6-9,13H2. The van der Waals surface area contributed by atoms with Crippen molar-refractivity contribution < 1.29 is 8.78 Å². The van der Waals surface area contributed by atoms with Crippen molar-refractivity contribution in [2.45, 2.75) is 31.8 Å². The molecule has 0 aromatic heterocycles. The number of benzene rings is 2. The van der Waals surface area contributed by atoms with E-state index in [1.165, 1.54) is 12.1 Å². The zero-order chi connectivity index (χ0) is 16.2. The molecule has 2 aromatic rings. The summed E-state index contributed by atoms with van der Waals surface area (Å²) in [6.07, 6.45) is 2.99. The molecule has 4 heteroatoms. The van der Waals surface area contributed by atoms with Crippen molar-refractivity contribution in [2.75, 3.05) is 6.54 Å². The second-order valence-corrected chi connectivity index (χ2v) is 6.00. The SMILES string of the molecule is N#Cc1ccc(CN(CCc2cccc(F)c2)C2CC2)c(F)c1. The Morgan fingerprint density at radius 3 is 2.61 bits per heavy atom. The van der Waals surface area contributed by atoms with Gasteiger partial charge < -0.3 is 0 Å². The predicted molar refractivity (Wildman–Crippen MR) is 84.7 cm³/mol. The van der Waals surface area contributed by atoms with Crippen molar-refractivity contribution in [3.05, 3.63) is 70.8 Å². The first kappa shape index (κ1) is 15.6. The average Bonchev–Trinajstić information content (AvgIpc) is 3.37. The highest BCUT2D eigenvalue weighted by molar-refractivity contribution is 5.33. The second kappa shape index (κ2) is 6.89. The lowest BCUT2D eigenvalue weighted by molar-refractivity contribution is 0.254. The van der Waals surface area contributed by atoms with E-state index in [4.69, 9.17) is 5.26 Å². The lowest BCUT2D eigenvalue weighted by Gasteiger charge is -2.22. The van der Waals surface area contributed by atoms with Crippen LogP contribution in [0.4, 0.5) is 8.78 Å². The van der Waals surface area contributed by atoms with E-state index in [0.717, 1.165) is 31.4 Å². The Labute approximate surface area is 135 Å². The topological polar surface area (TPSA) is 27.0 Å². The van der Waals surface area contributed by atoms with Gasteiger partial charge in [-0.15, -0.1) is 0 Å². The summed E-state index contributed by atoms with van der Waals surface area (Å²) in [7, 11) is 0. The molecule has 2 aromatic carbocycles. The average molecular weight is 312 g/mol. The van der Waals surface area contributed by atoms with Gasteiger partial charge in [-0.25, -0.2) is 8.78 Å². The molecule has 0 N–H and O–H groups in total. The highest BCUT2D eigenvalue weighted by atomic mass is 19.1. The highest BCUT2D eigenvalue weighted by Gasteiger charge is 2.29. The van der Waals surface area contributed by atoms with Crippen LogP contribution in [0, 0.1) is 23.0 Å². The van der Waals surface area contributed by atoms with Gasteiger partial charge in [0.15, 0.2) is 0 Å². The molecule has 0 saturated heterocycles. The van der Waals surface area contributed by atoms with Crippen LogP contribution in [0.1, 0.15) is 29.5 Å². The van der Waals surface area contributed by atoms with Gasteiger partial charge in [-0.1, -0.05) is 18.2 Å². The van der Waals surface area contributed by atoms with Crippen LogP contribution in [0.15, 0.2) is 42.5 Å². The fourth-order valence-corrected chi connectivity index (χ4v) is 2.76. The lowest BCUT2D eigenvalue weighted by Crippen LogP contribution is -2.28. The molecule has 0 heterocycles. The smallest absolute Gasteiger partial charge is 0.129 e. The Morgan fingerprint density at radius 1 is 1.13 bits per heavy atom. The third kappa shape index (κ3) is 4.14. The first-order chi connectivity index (χ1) is 11.2. The molecule has 1 aliphatic carbocycles. The maximum Gasteiger partial charge on any atom is 0.129 e. The van der Waals surface area contributed by atoms with Crippen molar-refractivity contribution in [2.24, 2.45) is 0 Å². The summed E-state index contributed by atoms with van der Waals surface area (Å²) < 4.78 is 27.3. The molecule has 23 heavy (non-hydrogen) atoms. The van der Waals surface area contributed by atoms with E-state index in [1.807, 2.05) is 12.1 Å². The van der Waals surface area contributed by atoms with E-state index in [-0.39, 0.29) is 11.6 Å². The van der Waals surface area contributed by atoms with Crippen molar-refractivity contribution >= 4 is 0 Å². The summed E-state index contributed by atoms with van der Waals surface area (Å²) in [6.45, 7) is 1.30. The van der Waals surface area contributed by atoms with Crippen LogP contribution in [0.5, 0.6) is 0 Å². The third-order valence-corrected chi connectivity index (χ3v) is 4.20. The number of hydrogen-bond acceptors (Lipinski definition) is 2. The molecule has 0 bridgehead atoms. The second-order valence-electron chi connectivity index (χ2n) is 6.00. The molecule has 3 rings (SSSR count). The van der Waals surface area contributed by atoms with E-state index in [1.54, 1.807) is 24.3 Å². The molecular formula is C19H18F2N2. The molecule has 1 fully saturated rings. The van der Waals surface area contributed by atoms with Crippen LogP contribution in [0.25, 0.3) is 0 Å². The number of rotatable bonds is 6. The van der Waals surface area contributed by atoms with E-state index < -0.39 is 0 Å². The first-order valence-corrected chi connectivity index (χ1v) is 7.83. The highest BCUT2D eigenvalue weighted by Crippen LogP contribution is 2.29. The number of halogens is 2. The minimum Gasteiger partial charge on any atom is -0.296 e. The quantitative estimate of drug-likeness (QED) is 0.805. The maximum atomic E-state index is 14.1. The van der Waals surface area contributed by atoms with Gasteiger partial charge in [0, 0.05) is 24.7 Å². The van der Waals surface area contributed by atoms with Gasteiger partial charge >= 0.3 is 0 Å². The Hall–Kier alpha value is -2.25. The minimum atomic E-state index is -0.333. The van der Waals surface area contributed by atoms with E-state index in [9.17, 15) is 8.78 Å². The number of nitrogens with zero attached hydrogens (tertiary/aromatic N) is 2. The van der Waals surface area contributed by atoms with Gasteiger partial charge in [-0.3, -0.25) is 4.90 Å². The lowest BCUT2D eigenvalue weighted by atomic mass is 10.1. The summed E-state index contributed by atoms with van der Waals surface area (Å²) in [6, 6.07) is 13.7. The van der Waals surface area contributed by atoms with Crippen molar-refractivity contribution in [3.63, 3.8) is 0 Å². The molecule has 0 spiro atoms. The number of nitriles is 1. The van der Waals surface area contributed by atoms with Gasteiger partial charge in [0.25, 0.3) is 0 Å². The molecule has 118 valence electrons. The molecule has 0 radical (unpaired) electrons. The van der Waals surface area contributed by atoms with E-state index in [0.29, 0.717) is 23.7 Å². The summed E-state index contributed by atoms with van der Waals surface area (Å²) >= 11 is 0. The van der Waals surface area contributed by atoms with Gasteiger partial charge in [0.2, 0.25) is 0 Å². The minimum absolute atomic E-state index is 0.224. The van der Waals surface area contributed by atoms with Gasteiger partial charge in [0.05, 0.1) is 11.6 Å². The monoisotopic (exact) mass is 312 g/mol. The summed E-state index contributed by atoms with van der Waals surface area (Å²) in [5.74, 6) is -0.556. The Balaban J connectivity index is 1.67. The molecule has 0 aliphatic heterocycles.